The summed E-state index contributed by atoms with van der Waals surface area (Å²) in [6.45, 7) is 8.61. The lowest BCUT2D eigenvalue weighted by atomic mass is 10.0. The Bertz CT molecular complexity index is 747. The number of aryl methyl sites for hydroxylation is 3. The lowest BCUT2D eigenvalue weighted by molar-refractivity contribution is 0.189. The summed E-state index contributed by atoms with van der Waals surface area (Å²) in [4.78, 5) is 14.2. The summed E-state index contributed by atoms with van der Waals surface area (Å²) in [5.74, 6) is 0.923. The van der Waals surface area contributed by atoms with Gasteiger partial charge in [-0.2, -0.15) is 0 Å². The van der Waals surface area contributed by atoms with Gasteiger partial charge in [0.05, 0.1) is 6.54 Å². The molecule has 2 amide bonds. The van der Waals surface area contributed by atoms with E-state index in [1.165, 1.54) is 16.7 Å². The fourth-order valence-electron chi connectivity index (χ4n) is 3.49. The first-order valence-electron chi connectivity index (χ1n) is 8.85. The Balaban J connectivity index is 1.48. The maximum Gasteiger partial charge on any atom is 0.317 e. The fraction of sp³-hybridized carbons (Fsp3) is 0.381. The molecule has 0 spiro atoms. The Morgan fingerprint density at radius 3 is 2.52 bits per heavy atom. The average molecular weight is 338 g/mol. The molecule has 132 valence electrons. The predicted octanol–water partition coefficient (Wildman–Crippen LogP) is 3.76. The monoisotopic (exact) mass is 338 g/mol. The molecule has 0 aromatic heterocycles. The van der Waals surface area contributed by atoms with Crippen molar-refractivity contribution in [1.82, 2.24) is 10.2 Å². The molecule has 0 unspecified atom stereocenters. The minimum atomic E-state index is -0.0181. The third-order valence-corrected chi connectivity index (χ3v) is 4.65. The first kappa shape index (κ1) is 17.3. The Morgan fingerprint density at radius 1 is 1.12 bits per heavy atom. The van der Waals surface area contributed by atoms with E-state index in [9.17, 15) is 4.79 Å². The normalized spacial score (nSPS) is 13.3. The SMILES string of the molecule is Cc1cc(C)c(OCCNC(=O)N2CCc3ccccc3C2)c(C)c1. The fourth-order valence-corrected chi connectivity index (χ4v) is 3.49. The molecular weight excluding hydrogens is 312 g/mol. The molecule has 1 aliphatic rings. The molecule has 3 rings (SSSR count). The number of urea groups is 1. The van der Waals surface area contributed by atoms with Gasteiger partial charge in [-0.25, -0.2) is 4.79 Å². The van der Waals surface area contributed by atoms with Crippen LogP contribution in [0.3, 0.4) is 0 Å². The summed E-state index contributed by atoms with van der Waals surface area (Å²) in [5, 5.41) is 2.97. The largest absolute Gasteiger partial charge is 0.491 e. The second-order valence-corrected chi connectivity index (χ2v) is 6.75. The summed E-state index contributed by atoms with van der Waals surface area (Å²) >= 11 is 0. The Hall–Kier alpha value is -2.49. The lowest BCUT2D eigenvalue weighted by Crippen LogP contribution is -2.43. The molecule has 4 heteroatoms. The molecule has 0 saturated carbocycles. The maximum absolute atomic E-state index is 12.4. The van der Waals surface area contributed by atoms with Crippen LogP contribution in [0.15, 0.2) is 36.4 Å². The van der Waals surface area contributed by atoms with E-state index < -0.39 is 0 Å². The number of carbonyl (C=O) groups is 1. The van der Waals surface area contributed by atoms with Crippen molar-refractivity contribution in [2.24, 2.45) is 0 Å². The summed E-state index contributed by atoms with van der Waals surface area (Å²) in [5.41, 5.74) is 6.10. The summed E-state index contributed by atoms with van der Waals surface area (Å²) in [7, 11) is 0. The van der Waals surface area contributed by atoms with E-state index in [2.05, 4.69) is 56.4 Å². The molecule has 4 nitrogen and oxygen atoms in total. The molecule has 2 aromatic carbocycles. The number of hydrogen-bond acceptors (Lipinski definition) is 2. The van der Waals surface area contributed by atoms with Gasteiger partial charge < -0.3 is 15.0 Å². The number of fused-ring (bicyclic) bond motifs is 1. The Morgan fingerprint density at radius 2 is 1.80 bits per heavy atom. The highest BCUT2D eigenvalue weighted by atomic mass is 16.5. The third kappa shape index (κ3) is 4.13. The zero-order chi connectivity index (χ0) is 17.8. The highest BCUT2D eigenvalue weighted by molar-refractivity contribution is 5.74. The van der Waals surface area contributed by atoms with Crippen LogP contribution in [0, 0.1) is 20.8 Å². The average Bonchev–Trinajstić information content (AvgIpc) is 2.59. The van der Waals surface area contributed by atoms with Gasteiger partial charge in [0.15, 0.2) is 0 Å². The topological polar surface area (TPSA) is 41.6 Å². The van der Waals surface area contributed by atoms with Crippen molar-refractivity contribution < 1.29 is 9.53 Å². The lowest BCUT2D eigenvalue weighted by Gasteiger charge is -2.29. The van der Waals surface area contributed by atoms with E-state index in [4.69, 9.17) is 4.74 Å². The van der Waals surface area contributed by atoms with Crippen LogP contribution in [-0.2, 0) is 13.0 Å². The van der Waals surface area contributed by atoms with E-state index in [1.807, 2.05) is 11.0 Å². The van der Waals surface area contributed by atoms with Crippen molar-refractivity contribution in [2.45, 2.75) is 33.7 Å². The van der Waals surface area contributed by atoms with Crippen molar-refractivity contribution in [3.05, 3.63) is 64.2 Å². The quantitative estimate of drug-likeness (QED) is 0.863. The smallest absolute Gasteiger partial charge is 0.317 e. The van der Waals surface area contributed by atoms with Crippen LogP contribution in [0.25, 0.3) is 0 Å². The number of carbonyl (C=O) groups excluding carboxylic acids is 1. The van der Waals surface area contributed by atoms with E-state index in [0.717, 1.165) is 29.8 Å². The van der Waals surface area contributed by atoms with Crippen LogP contribution in [0.2, 0.25) is 0 Å². The van der Waals surface area contributed by atoms with Crippen LogP contribution in [-0.4, -0.2) is 30.6 Å². The van der Waals surface area contributed by atoms with Crippen LogP contribution in [0.5, 0.6) is 5.75 Å². The first-order chi connectivity index (χ1) is 12.0. The zero-order valence-electron chi connectivity index (χ0n) is 15.3. The molecule has 0 saturated heterocycles. The highest BCUT2D eigenvalue weighted by Gasteiger charge is 2.19. The van der Waals surface area contributed by atoms with Gasteiger partial charge in [-0.3, -0.25) is 0 Å². The van der Waals surface area contributed by atoms with Crippen molar-refractivity contribution in [3.8, 4) is 5.75 Å². The second-order valence-electron chi connectivity index (χ2n) is 6.75. The molecule has 0 aliphatic carbocycles. The summed E-state index contributed by atoms with van der Waals surface area (Å²) < 4.78 is 5.88. The van der Waals surface area contributed by atoms with Crippen LogP contribution in [0.4, 0.5) is 4.79 Å². The Labute approximate surface area is 149 Å². The van der Waals surface area contributed by atoms with Gasteiger partial charge in [-0.15, -0.1) is 0 Å². The molecular formula is C21H26N2O2. The summed E-state index contributed by atoms with van der Waals surface area (Å²) in [6, 6.07) is 12.5. The number of benzene rings is 2. The van der Waals surface area contributed by atoms with Gasteiger partial charge >= 0.3 is 6.03 Å². The maximum atomic E-state index is 12.4. The number of ether oxygens (including phenoxy) is 1. The van der Waals surface area contributed by atoms with Crippen LogP contribution in [0.1, 0.15) is 27.8 Å². The van der Waals surface area contributed by atoms with Gasteiger partial charge in [-0.05, 0) is 49.4 Å². The van der Waals surface area contributed by atoms with Crippen molar-refractivity contribution in [3.63, 3.8) is 0 Å². The van der Waals surface area contributed by atoms with Crippen molar-refractivity contribution in [2.75, 3.05) is 19.7 Å². The number of amides is 2. The first-order valence-corrected chi connectivity index (χ1v) is 8.85. The van der Waals surface area contributed by atoms with Crippen molar-refractivity contribution >= 4 is 6.03 Å². The molecule has 1 aliphatic heterocycles. The van der Waals surface area contributed by atoms with Gasteiger partial charge in [-0.1, -0.05) is 42.0 Å². The van der Waals surface area contributed by atoms with E-state index >= 15 is 0 Å². The second kappa shape index (κ2) is 7.60. The van der Waals surface area contributed by atoms with E-state index in [1.54, 1.807) is 0 Å². The van der Waals surface area contributed by atoms with E-state index in [0.29, 0.717) is 19.7 Å². The molecule has 1 N–H and O–H groups in total. The molecule has 0 fully saturated rings. The number of hydrogen-bond donors (Lipinski definition) is 1. The zero-order valence-corrected chi connectivity index (χ0v) is 15.3. The summed E-state index contributed by atoms with van der Waals surface area (Å²) in [6.07, 6.45) is 0.919. The minimum absolute atomic E-state index is 0.0181. The van der Waals surface area contributed by atoms with Gasteiger partial charge in [0.25, 0.3) is 0 Å². The molecule has 1 heterocycles. The van der Waals surface area contributed by atoms with Crippen molar-refractivity contribution in [1.29, 1.82) is 0 Å². The van der Waals surface area contributed by atoms with Gasteiger partial charge in [0.1, 0.15) is 12.4 Å². The number of rotatable bonds is 4. The van der Waals surface area contributed by atoms with Gasteiger partial charge in [0, 0.05) is 13.1 Å². The highest BCUT2D eigenvalue weighted by Crippen LogP contribution is 2.24. The molecule has 0 radical (unpaired) electrons. The molecule has 0 atom stereocenters. The van der Waals surface area contributed by atoms with Crippen LogP contribution >= 0.6 is 0 Å². The molecule has 2 aromatic rings. The standard InChI is InChI=1S/C21H26N2O2/c1-15-12-16(2)20(17(3)13-15)25-11-9-22-21(24)23-10-8-18-6-4-5-7-19(18)14-23/h4-7,12-13H,8-11,14H2,1-3H3,(H,22,24). The third-order valence-electron chi connectivity index (χ3n) is 4.65. The Kier molecular flexibility index (Phi) is 5.27. The number of nitrogens with one attached hydrogen (secondary N) is 1. The number of nitrogens with zero attached hydrogens (tertiary/aromatic N) is 1. The predicted molar refractivity (Wildman–Crippen MR) is 100 cm³/mol. The van der Waals surface area contributed by atoms with Gasteiger partial charge in [0.2, 0.25) is 0 Å². The van der Waals surface area contributed by atoms with E-state index in [-0.39, 0.29) is 6.03 Å². The molecule has 0 bridgehead atoms. The molecule has 25 heavy (non-hydrogen) atoms. The van der Waals surface area contributed by atoms with Crippen LogP contribution < -0.4 is 10.1 Å². The minimum Gasteiger partial charge on any atom is -0.491 e.